The maximum Gasteiger partial charge on any atom is 0.127 e. The topological polar surface area (TPSA) is 60.8 Å². The van der Waals surface area contributed by atoms with Gasteiger partial charge in [-0.25, -0.2) is 0 Å². The largest absolute Gasteiger partial charge is 0.353 e. The molecule has 0 fully saturated rings. The first-order valence-electron chi connectivity index (χ1n) is 21.7. The van der Waals surface area contributed by atoms with E-state index in [1.807, 2.05) is 24.8 Å². The molecule has 5 heteroatoms. The van der Waals surface area contributed by atoms with E-state index in [2.05, 4.69) is 125 Å². The lowest BCUT2D eigenvalue weighted by Crippen LogP contribution is -2.16. The molecule has 296 valence electrons. The van der Waals surface area contributed by atoms with Gasteiger partial charge in [0.05, 0.1) is 47.6 Å². The minimum absolute atomic E-state index is 0.487. The summed E-state index contributed by atoms with van der Waals surface area (Å²) in [6, 6.07) is 35.2. The van der Waals surface area contributed by atoms with Crippen molar-refractivity contribution in [1.29, 1.82) is 0 Å². The molecule has 2 heterocycles. The molecule has 2 atom stereocenters. The number of aromatic nitrogens is 4. The van der Waals surface area contributed by atoms with Crippen molar-refractivity contribution in [2.24, 2.45) is 0 Å². The fourth-order valence-electron chi connectivity index (χ4n) is 7.51. The monoisotopic (exact) mass is 758 g/mol. The molecule has 2 unspecified atom stereocenters. The van der Waals surface area contributed by atoms with Crippen molar-refractivity contribution in [3.8, 4) is 22.5 Å². The Kier molecular flexibility index (Phi) is 16.1. The van der Waals surface area contributed by atoms with Gasteiger partial charge in [0.25, 0.3) is 0 Å². The van der Waals surface area contributed by atoms with Gasteiger partial charge < -0.3 is 4.74 Å². The van der Waals surface area contributed by atoms with Crippen LogP contribution in [0.25, 0.3) is 22.5 Å². The molecular formula is C52H62N4O. The molecule has 0 saturated heterocycles. The summed E-state index contributed by atoms with van der Waals surface area (Å²) in [5, 5.41) is 0. The van der Waals surface area contributed by atoms with Crippen LogP contribution in [0.1, 0.15) is 149 Å². The quantitative estimate of drug-likeness (QED) is 0.0645. The van der Waals surface area contributed by atoms with E-state index >= 15 is 0 Å². The van der Waals surface area contributed by atoms with Crippen LogP contribution in [0.2, 0.25) is 0 Å². The van der Waals surface area contributed by atoms with Gasteiger partial charge in [0, 0.05) is 11.1 Å². The minimum atomic E-state index is -0.487. The van der Waals surface area contributed by atoms with Crippen LogP contribution in [0.4, 0.5) is 0 Å². The summed E-state index contributed by atoms with van der Waals surface area (Å²) in [7, 11) is 0. The van der Waals surface area contributed by atoms with E-state index in [9.17, 15) is 0 Å². The molecule has 6 rings (SSSR count). The highest BCUT2D eigenvalue weighted by molar-refractivity contribution is 5.59. The van der Waals surface area contributed by atoms with Gasteiger partial charge in [-0.15, -0.1) is 0 Å². The Hall–Kier alpha value is -5.00. The SMILES string of the molecule is CCCCCCc1ccc(C(OC(c2ccc(CCCCCC)cc2)c2cnc(-c3ccc(CCC)cc3)cn2)c2cnc(-c3ccc(CCC)cc3)cn2)cc1. The number of rotatable bonds is 22. The lowest BCUT2D eigenvalue weighted by Gasteiger charge is -2.25. The summed E-state index contributed by atoms with van der Waals surface area (Å²) < 4.78 is 7.27. The Morgan fingerprint density at radius 1 is 0.368 bits per heavy atom. The zero-order valence-corrected chi connectivity index (χ0v) is 34.8. The highest BCUT2D eigenvalue weighted by Crippen LogP contribution is 2.36. The third-order valence-electron chi connectivity index (χ3n) is 10.9. The number of benzene rings is 4. The van der Waals surface area contributed by atoms with E-state index < -0.39 is 12.2 Å². The summed E-state index contributed by atoms with van der Waals surface area (Å²) >= 11 is 0. The minimum Gasteiger partial charge on any atom is -0.353 e. The van der Waals surface area contributed by atoms with Crippen molar-refractivity contribution in [1.82, 2.24) is 19.9 Å². The molecule has 0 amide bonds. The average molecular weight is 759 g/mol. The van der Waals surface area contributed by atoms with Crippen LogP contribution in [0, 0.1) is 0 Å². The van der Waals surface area contributed by atoms with Crippen molar-refractivity contribution >= 4 is 0 Å². The van der Waals surface area contributed by atoms with Gasteiger partial charge in [0.2, 0.25) is 0 Å². The summed E-state index contributed by atoms with van der Waals surface area (Å²) in [5.41, 5.74) is 12.8. The van der Waals surface area contributed by atoms with Gasteiger partial charge >= 0.3 is 0 Å². The predicted octanol–water partition coefficient (Wildman–Crippen LogP) is 13.6. The molecule has 0 bridgehead atoms. The number of hydrogen-bond acceptors (Lipinski definition) is 5. The Morgan fingerprint density at radius 3 is 1.07 bits per heavy atom. The van der Waals surface area contributed by atoms with Crippen LogP contribution in [-0.2, 0) is 30.4 Å². The first-order chi connectivity index (χ1) is 28.1. The van der Waals surface area contributed by atoms with Crippen LogP contribution in [0.15, 0.2) is 122 Å². The molecule has 0 saturated carbocycles. The average Bonchev–Trinajstić information content (AvgIpc) is 3.26. The maximum atomic E-state index is 7.27. The van der Waals surface area contributed by atoms with E-state index in [1.165, 1.54) is 73.6 Å². The Bertz CT molecular complexity index is 1870. The first kappa shape index (κ1) is 41.6. The summed E-state index contributed by atoms with van der Waals surface area (Å²) in [5.74, 6) is 0. The third-order valence-corrected chi connectivity index (χ3v) is 10.9. The second kappa shape index (κ2) is 22.1. The summed E-state index contributed by atoms with van der Waals surface area (Å²) in [6.07, 6.45) is 23.1. The van der Waals surface area contributed by atoms with Crippen LogP contribution in [0.3, 0.4) is 0 Å². The van der Waals surface area contributed by atoms with E-state index in [-0.39, 0.29) is 0 Å². The number of hydrogen-bond donors (Lipinski definition) is 0. The fourth-order valence-corrected chi connectivity index (χ4v) is 7.51. The maximum absolute atomic E-state index is 7.27. The normalized spacial score (nSPS) is 12.4. The van der Waals surface area contributed by atoms with Gasteiger partial charge in [-0.1, -0.05) is 176 Å². The number of nitrogens with zero attached hydrogens (tertiary/aromatic N) is 4. The zero-order chi connectivity index (χ0) is 39.7. The molecule has 0 aliphatic carbocycles. The zero-order valence-electron chi connectivity index (χ0n) is 34.8. The second-order valence-electron chi connectivity index (χ2n) is 15.5. The fraction of sp³-hybridized carbons (Fsp3) is 0.385. The molecule has 6 aromatic rings. The lowest BCUT2D eigenvalue weighted by molar-refractivity contribution is 0.0258. The molecule has 0 aliphatic heterocycles. The van der Waals surface area contributed by atoms with E-state index in [0.717, 1.165) is 83.6 Å². The van der Waals surface area contributed by atoms with Gasteiger partial charge in [-0.05, 0) is 71.9 Å². The third kappa shape index (κ3) is 12.0. The van der Waals surface area contributed by atoms with E-state index in [4.69, 9.17) is 24.7 Å². The van der Waals surface area contributed by atoms with Crippen molar-refractivity contribution in [2.75, 3.05) is 0 Å². The number of ether oxygens (including phenoxy) is 1. The number of unbranched alkanes of at least 4 members (excludes halogenated alkanes) is 6. The van der Waals surface area contributed by atoms with Crippen LogP contribution in [-0.4, -0.2) is 19.9 Å². The molecule has 5 nitrogen and oxygen atoms in total. The Labute approximate surface area is 342 Å². The molecular weight excluding hydrogens is 697 g/mol. The van der Waals surface area contributed by atoms with Gasteiger partial charge in [0.15, 0.2) is 0 Å². The summed E-state index contributed by atoms with van der Waals surface area (Å²) in [4.78, 5) is 20.0. The van der Waals surface area contributed by atoms with Crippen molar-refractivity contribution in [2.45, 2.75) is 130 Å². The van der Waals surface area contributed by atoms with Gasteiger partial charge in [-0.2, -0.15) is 0 Å². The van der Waals surface area contributed by atoms with E-state index in [1.54, 1.807) is 0 Å². The molecule has 57 heavy (non-hydrogen) atoms. The van der Waals surface area contributed by atoms with Crippen LogP contribution in [0.5, 0.6) is 0 Å². The van der Waals surface area contributed by atoms with Gasteiger partial charge in [0.1, 0.15) is 12.2 Å². The van der Waals surface area contributed by atoms with Crippen LogP contribution < -0.4 is 0 Å². The van der Waals surface area contributed by atoms with Crippen molar-refractivity contribution < 1.29 is 4.74 Å². The van der Waals surface area contributed by atoms with Crippen molar-refractivity contribution in [3.63, 3.8) is 0 Å². The highest BCUT2D eigenvalue weighted by Gasteiger charge is 2.26. The molecule has 4 aromatic carbocycles. The van der Waals surface area contributed by atoms with Gasteiger partial charge in [-0.3, -0.25) is 19.9 Å². The highest BCUT2D eigenvalue weighted by atomic mass is 16.5. The Morgan fingerprint density at radius 2 is 0.737 bits per heavy atom. The number of aryl methyl sites for hydroxylation is 4. The molecule has 0 N–H and O–H groups in total. The smallest absolute Gasteiger partial charge is 0.127 e. The van der Waals surface area contributed by atoms with Crippen LogP contribution >= 0.6 is 0 Å². The lowest BCUT2D eigenvalue weighted by atomic mass is 9.99. The Balaban J connectivity index is 1.34. The van der Waals surface area contributed by atoms with Crippen molar-refractivity contribution in [3.05, 3.63) is 167 Å². The molecule has 0 spiro atoms. The molecule has 0 radical (unpaired) electrons. The molecule has 0 aliphatic rings. The summed E-state index contributed by atoms with van der Waals surface area (Å²) in [6.45, 7) is 8.94. The second-order valence-corrected chi connectivity index (χ2v) is 15.5. The first-order valence-corrected chi connectivity index (χ1v) is 21.7. The predicted molar refractivity (Wildman–Crippen MR) is 236 cm³/mol. The van der Waals surface area contributed by atoms with E-state index in [0.29, 0.717) is 0 Å². The standard InChI is InChI=1S/C52H62N4O/c1-5-9-11-13-17-41-23-31-45(32-24-41)51(49-37-53-47(35-55-49)43-27-19-39(15-7-3)20-28-43)57-52(46-33-25-42(26-34-46)18-14-12-10-6-2)50-38-54-48(36-56-50)44-29-21-40(16-8-4)22-30-44/h19-38,51-52H,5-18H2,1-4H3. The molecule has 2 aromatic heterocycles.